The first-order valence-corrected chi connectivity index (χ1v) is 24.8. The number of hydrogen-bond donors (Lipinski definition) is 0. The van der Waals surface area contributed by atoms with Crippen molar-refractivity contribution < 1.29 is 24.0 Å². The molecule has 5 nitrogen and oxygen atoms in total. The van der Waals surface area contributed by atoms with Crippen molar-refractivity contribution >= 4 is 6.16 Å². The minimum absolute atomic E-state index is 1.36. The zero-order chi connectivity index (χ0) is 40.9. The van der Waals surface area contributed by atoms with Crippen molar-refractivity contribution in [3.05, 3.63) is 0 Å². The summed E-state index contributed by atoms with van der Waals surface area (Å²) < 4.78 is 2.92. The molecule has 0 unspecified atom stereocenters. The highest BCUT2D eigenvalue weighted by Crippen LogP contribution is 2.21. The summed E-state index contributed by atoms with van der Waals surface area (Å²) in [7, 11) is 0. The van der Waals surface area contributed by atoms with E-state index in [1.54, 1.807) is 0 Å². The second-order valence-corrected chi connectivity index (χ2v) is 17.2. The van der Waals surface area contributed by atoms with Crippen LogP contribution in [-0.2, 0) is 0 Å². The lowest BCUT2D eigenvalue weighted by atomic mass is 10.1. The molecule has 0 atom stereocenters. The number of unbranched alkanes of at least 4 members (excludes halogenated alkanes) is 24. The lowest BCUT2D eigenvalue weighted by Crippen LogP contribution is -2.50. The Kier molecular flexibility index (Phi) is 49.6. The third-order valence-electron chi connectivity index (χ3n) is 11.9. The number of carbonyl (C=O) groups is 1. The second-order valence-electron chi connectivity index (χ2n) is 17.2. The molecule has 0 aliphatic rings. The molecule has 0 aromatic carbocycles. The van der Waals surface area contributed by atoms with E-state index in [1.165, 1.54) is 267 Å². The fourth-order valence-corrected chi connectivity index (χ4v) is 8.33. The second kappa shape index (κ2) is 46.6. The molecular weight excluding hydrogens is 665 g/mol. The molecule has 0 aliphatic heterocycles. The lowest BCUT2D eigenvalue weighted by molar-refractivity contribution is -0.929. The van der Waals surface area contributed by atoms with Crippen LogP contribution in [0.5, 0.6) is 0 Å². The minimum atomic E-state index is -2.33. The van der Waals surface area contributed by atoms with Crippen molar-refractivity contribution in [2.45, 2.75) is 261 Å². The zero-order valence-electron chi connectivity index (χ0n) is 38.9. The van der Waals surface area contributed by atoms with Crippen molar-refractivity contribution in [1.82, 2.24) is 0 Å². The Balaban J connectivity index is -0.000000875. The third-order valence-corrected chi connectivity index (χ3v) is 11.9. The highest BCUT2D eigenvalue weighted by atomic mass is 16.6. The monoisotopic (exact) mass is 769 g/mol. The fraction of sp³-hybridized carbons (Fsp3) is 0.980. The molecule has 54 heavy (non-hydrogen) atoms. The van der Waals surface area contributed by atoms with E-state index in [4.69, 9.17) is 15.0 Å². The first-order chi connectivity index (χ1) is 26.2. The quantitative estimate of drug-likeness (QED) is 0.0461. The van der Waals surface area contributed by atoms with Gasteiger partial charge in [-0.1, -0.05) is 158 Å². The van der Waals surface area contributed by atoms with Gasteiger partial charge >= 0.3 is 0 Å². The maximum absolute atomic E-state index is 8.33. The molecule has 0 heterocycles. The zero-order valence-corrected chi connectivity index (χ0v) is 38.9. The van der Waals surface area contributed by atoms with Crippen LogP contribution in [0.4, 0.5) is 4.79 Å². The summed E-state index contributed by atoms with van der Waals surface area (Å²) in [6.45, 7) is 30.4. The largest absolute Gasteiger partial charge is 0.652 e. The Labute approximate surface area is 342 Å². The molecule has 5 heteroatoms. The van der Waals surface area contributed by atoms with E-state index in [1.807, 2.05) is 0 Å². The normalized spacial score (nSPS) is 11.6. The molecule has 0 aliphatic carbocycles. The molecule has 0 aromatic heterocycles. The van der Waals surface area contributed by atoms with Gasteiger partial charge in [0.15, 0.2) is 0 Å². The molecule has 0 spiro atoms. The predicted octanol–water partition coefficient (Wildman–Crippen LogP) is 13.8. The Morgan fingerprint density at radius 1 is 0.259 bits per heavy atom. The highest BCUT2D eigenvalue weighted by Gasteiger charge is 2.27. The van der Waals surface area contributed by atoms with Gasteiger partial charge in [0.2, 0.25) is 0 Å². The summed E-state index contributed by atoms with van der Waals surface area (Å²) in [6.07, 6.45) is 43.4. The summed E-state index contributed by atoms with van der Waals surface area (Å²) in [5, 5.41) is 16.7. The molecule has 0 N–H and O–H groups in total. The number of rotatable bonds is 40. The highest BCUT2D eigenvalue weighted by molar-refractivity contribution is 5.47. The first-order valence-electron chi connectivity index (χ1n) is 24.8. The van der Waals surface area contributed by atoms with E-state index in [0.29, 0.717) is 0 Å². The topological polar surface area (TPSA) is 63.2 Å². The van der Waals surface area contributed by atoms with Gasteiger partial charge in [0.05, 0.1) is 52.4 Å². The van der Waals surface area contributed by atoms with Gasteiger partial charge in [0, 0.05) is 0 Å². The Morgan fingerprint density at radius 2 is 0.370 bits per heavy atom. The Hall–Kier alpha value is -0.810. The van der Waals surface area contributed by atoms with Crippen LogP contribution in [0.1, 0.15) is 261 Å². The van der Waals surface area contributed by atoms with Crippen LogP contribution in [0.15, 0.2) is 0 Å². The van der Waals surface area contributed by atoms with Crippen LogP contribution in [0, 0.1) is 0 Å². The molecule has 0 rings (SSSR count). The molecule has 0 radical (unpaired) electrons. The maximum atomic E-state index is 8.33. The summed E-state index contributed by atoms with van der Waals surface area (Å²) in [5.41, 5.74) is 0. The molecule has 0 saturated heterocycles. The Bertz CT molecular complexity index is 537. The van der Waals surface area contributed by atoms with Gasteiger partial charge in [0.25, 0.3) is 0 Å². The predicted molar refractivity (Wildman–Crippen MR) is 238 cm³/mol. The molecule has 328 valence electrons. The van der Waals surface area contributed by atoms with Gasteiger partial charge in [-0.3, -0.25) is 0 Å². The van der Waals surface area contributed by atoms with Crippen LogP contribution < -0.4 is 10.2 Å². The first kappa shape index (κ1) is 57.5. The fourth-order valence-electron chi connectivity index (χ4n) is 8.33. The van der Waals surface area contributed by atoms with Gasteiger partial charge in [0.1, 0.15) is 0 Å². The molecule has 0 aromatic rings. The number of carboxylic acid groups (broad SMARTS) is 2. The van der Waals surface area contributed by atoms with Crippen LogP contribution in [0.3, 0.4) is 0 Å². The van der Waals surface area contributed by atoms with Crippen LogP contribution >= 0.6 is 0 Å². The lowest BCUT2D eigenvalue weighted by Gasteiger charge is -2.39. The van der Waals surface area contributed by atoms with E-state index >= 15 is 0 Å². The van der Waals surface area contributed by atoms with Crippen molar-refractivity contribution in [1.29, 1.82) is 0 Å². The van der Waals surface area contributed by atoms with Crippen LogP contribution in [0.25, 0.3) is 0 Å². The number of quaternary nitrogens is 2. The van der Waals surface area contributed by atoms with E-state index < -0.39 is 6.16 Å². The molecule has 0 bridgehead atoms. The van der Waals surface area contributed by atoms with Crippen molar-refractivity contribution in [2.75, 3.05) is 52.4 Å². The van der Waals surface area contributed by atoms with E-state index in [2.05, 4.69) is 55.4 Å². The number of carbonyl (C=O) groups excluding carboxylic acids is 1. The summed E-state index contributed by atoms with van der Waals surface area (Å²) in [4.78, 5) is 8.33. The van der Waals surface area contributed by atoms with Crippen molar-refractivity contribution in [3.8, 4) is 0 Å². The van der Waals surface area contributed by atoms with E-state index in [9.17, 15) is 0 Å². The van der Waals surface area contributed by atoms with Gasteiger partial charge in [-0.25, -0.2) is 0 Å². The van der Waals surface area contributed by atoms with E-state index in [0.717, 1.165) is 0 Å². The maximum Gasteiger partial charge on any atom is 0.0786 e. The van der Waals surface area contributed by atoms with E-state index in [-0.39, 0.29) is 0 Å². The average Bonchev–Trinajstić information content (AvgIpc) is 3.16. The third kappa shape index (κ3) is 42.3. The average molecular weight is 769 g/mol. The Morgan fingerprint density at radius 3 is 0.463 bits per heavy atom. The van der Waals surface area contributed by atoms with Gasteiger partial charge < -0.3 is 24.0 Å². The summed E-state index contributed by atoms with van der Waals surface area (Å²) in [5.74, 6) is 0. The SMILES string of the molecule is CCCCCC[N+](CCCCCC)(CCCCCC)CCCCCC.CCCCCC[N+](CCCCCC)(CCCCCC)CCCCCC.O=C([O-])[O-]. The standard InChI is InChI=1S/2C24H52N.CH2O3/c2*1-5-9-13-17-21-25(22-18-14-10-6-2,23-19-15-11-7-3)24-20-16-12-8-4;2-1(3)4/h2*5-24H2,1-4H3;(H2,2,3,4)/q2*+1;/p-2. The molecule has 0 fully saturated rings. The number of nitrogens with zero attached hydrogens (tertiary/aromatic N) is 2. The van der Waals surface area contributed by atoms with Gasteiger partial charge in [-0.2, -0.15) is 0 Å². The summed E-state index contributed by atoms with van der Waals surface area (Å²) in [6, 6.07) is 0. The van der Waals surface area contributed by atoms with Crippen LogP contribution in [0.2, 0.25) is 0 Å². The van der Waals surface area contributed by atoms with Gasteiger partial charge in [-0.05, 0) is 109 Å². The molecule has 0 saturated carbocycles. The van der Waals surface area contributed by atoms with Crippen LogP contribution in [-0.4, -0.2) is 67.5 Å². The molecule has 0 amide bonds. The number of hydrogen-bond acceptors (Lipinski definition) is 3. The van der Waals surface area contributed by atoms with Crippen molar-refractivity contribution in [2.24, 2.45) is 0 Å². The summed E-state index contributed by atoms with van der Waals surface area (Å²) >= 11 is 0. The van der Waals surface area contributed by atoms with Crippen molar-refractivity contribution in [3.63, 3.8) is 0 Å². The molecular formula is C49H104N2O3. The van der Waals surface area contributed by atoms with Gasteiger partial charge in [-0.15, -0.1) is 0 Å². The smallest absolute Gasteiger partial charge is 0.0786 e. The minimum Gasteiger partial charge on any atom is -0.652 e.